The number of nitrogens with one attached hydrogen (secondary N) is 2. The molecular weight excluding hydrogens is 371 g/mol. The molecule has 1 aromatic carbocycles. The molecule has 6 nitrogen and oxygen atoms in total. The lowest BCUT2D eigenvalue weighted by molar-refractivity contribution is -0.137. The number of hydrogen-bond acceptors (Lipinski definition) is 3. The van der Waals surface area contributed by atoms with Crippen molar-refractivity contribution >= 4 is 5.96 Å². The van der Waals surface area contributed by atoms with Crippen LogP contribution in [0.4, 0.5) is 13.2 Å². The molecule has 1 heterocycles. The highest BCUT2D eigenvalue weighted by Crippen LogP contribution is 2.31. The Kier molecular flexibility index (Phi) is 7.31. The van der Waals surface area contributed by atoms with Crippen LogP contribution in [-0.4, -0.2) is 35.4 Å². The van der Waals surface area contributed by atoms with E-state index in [9.17, 15) is 13.2 Å². The molecule has 9 heteroatoms. The molecule has 0 bridgehead atoms. The van der Waals surface area contributed by atoms with Gasteiger partial charge in [-0.25, -0.2) is 4.99 Å². The van der Waals surface area contributed by atoms with Gasteiger partial charge in [-0.3, -0.25) is 4.68 Å². The summed E-state index contributed by atoms with van der Waals surface area (Å²) in [5.74, 6) is 0.790. The molecule has 0 aliphatic carbocycles. The summed E-state index contributed by atoms with van der Waals surface area (Å²) in [5, 5.41) is 10.6. The molecule has 1 aromatic heterocycles. The minimum absolute atomic E-state index is 0.181. The fourth-order valence-electron chi connectivity index (χ4n) is 2.65. The Morgan fingerprint density at radius 3 is 2.61 bits per heavy atom. The number of halogens is 3. The lowest BCUT2D eigenvalue weighted by atomic mass is 10.2. The molecule has 2 aromatic rings. The van der Waals surface area contributed by atoms with Crippen LogP contribution < -0.4 is 15.4 Å². The number of rotatable bonds is 7. The maximum atomic E-state index is 12.7. The number of aliphatic imine (C=N–C) groups is 1. The van der Waals surface area contributed by atoms with Crippen LogP contribution in [0.15, 0.2) is 29.3 Å². The van der Waals surface area contributed by atoms with Gasteiger partial charge in [0.15, 0.2) is 5.96 Å². The summed E-state index contributed by atoms with van der Waals surface area (Å²) in [4.78, 5) is 4.55. The van der Waals surface area contributed by atoms with Crippen molar-refractivity contribution in [2.75, 3.05) is 19.7 Å². The number of alkyl halides is 3. The quantitative estimate of drug-likeness (QED) is 0.428. The van der Waals surface area contributed by atoms with Gasteiger partial charge in [0, 0.05) is 24.8 Å². The van der Waals surface area contributed by atoms with E-state index in [0.29, 0.717) is 25.6 Å². The summed E-state index contributed by atoms with van der Waals surface area (Å²) in [6, 6.07) is 4.84. The number of benzene rings is 1. The van der Waals surface area contributed by atoms with Crippen LogP contribution in [0.3, 0.4) is 0 Å². The molecule has 0 aliphatic heterocycles. The van der Waals surface area contributed by atoms with Crippen molar-refractivity contribution in [3.8, 4) is 5.75 Å². The van der Waals surface area contributed by atoms with E-state index in [4.69, 9.17) is 4.74 Å². The van der Waals surface area contributed by atoms with Gasteiger partial charge in [0.1, 0.15) is 12.4 Å². The summed E-state index contributed by atoms with van der Waals surface area (Å²) < 4.78 is 45.4. The monoisotopic (exact) mass is 397 g/mol. The average Bonchev–Trinajstić information content (AvgIpc) is 2.88. The fraction of sp³-hybridized carbons (Fsp3) is 0.474. The van der Waals surface area contributed by atoms with Gasteiger partial charge >= 0.3 is 6.18 Å². The zero-order valence-electron chi connectivity index (χ0n) is 16.5. The SMILES string of the molecule is CCNC(=NCc1c(C)nn(C)c1C)NCCOc1cccc(C(F)(F)F)c1. The topological polar surface area (TPSA) is 63.5 Å². The van der Waals surface area contributed by atoms with E-state index in [-0.39, 0.29) is 12.4 Å². The molecule has 0 amide bonds. The molecule has 2 rings (SSSR count). The van der Waals surface area contributed by atoms with Crippen LogP contribution in [0.25, 0.3) is 0 Å². The third-order valence-electron chi connectivity index (χ3n) is 4.22. The highest BCUT2D eigenvalue weighted by molar-refractivity contribution is 5.79. The maximum Gasteiger partial charge on any atom is 0.416 e. The van der Waals surface area contributed by atoms with Crippen molar-refractivity contribution in [2.24, 2.45) is 12.0 Å². The standard InChI is InChI=1S/C19H26F3N5O/c1-5-23-18(25-12-17-13(2)26-27(4)14(17)3)24-9-10-28-16-8-6-7-15(11-16)19(20,21)22/h6-8,11H,5,9-10,12H2,1-4H3,(H2,23,24,25). The third-order valence-corrected chi connectivity index (χ3v) is 4.22. The van der Waals surface area contributed by atoms with Crippen LogP contribution in [-0.2, 0) is 19.8 Å². The fourth-order valence-corrected chi connectivity index (χ4v) is 2.65. The van der Waals surface area contributed by atoms with E-state index in [2.05, 4.69) is 20.7 Å². The van der Waals surface area contributed by atoms with Crippen LogP contribution >= 0.6 is 0 Å². The van der Waals surface area contributed by atoms with E-state index in [0.717, 1.165) is 29.1 Å². The Labute approximate surface area is 162 Å². The van der Waals surface area contributed by atoms with Crippen molar-refractivity contribution in [2.45, 2.75) is 33.5 Å². The summed E-state index contributed by atoms with van der Waals surface area (Å²) in [6.07, 6.45) is -4.38. The number of guanidine groups is 1. The maximum absolute atomic E-state index is 12.7. The van der Waals surface area contributed by atoms with Gasteiger partial charge in [0.25, 0.3) is 0 Å². The second kappa shape index (κ2) is 9.48. The molecule has 154 valence electrons. The Morgan fingerprint density at radius 1 is 1.25 bits per heavy atom. The van der Waals surface area contributed by atoms with E-state index < -0.39 is 11.7 Å². The van der Waals surface area contributed by atoms with Gasteiger partial charge in [-0.15, -0.1) is 0 Å². The predicted octanol–water partition coefficient (Wildman–Crippen LogP) is 3.19. The summed E-state index contributed by atoms with van der Waals surface area (Å²) in [7, 11) is 1.89. The molecule has 0 saturated heterocycles. The van der Waals surface area contributed by atoms with Gasteiger partial charge in [-0.1, -0.05) is 6.07 Å². The summed E-state index contributed by atoms with van der Waals surface area (Å²) >= 11 is 0. The molecule has 0 fully saturated rings. The van der Waals surface area contributed by atoms with Gasteiger partial charge in [0.2, 0.25) is 0 Å². The van der Waals surface area contributed by atoms with Crippen LogP contribution in [0.1, 0.15) is 29.4 Å². The molecule has 0 aliphatic rings. The average molecular weight is 397 g/mol. The van der Waals surface area contributed by atoms with Gasteiger partial charge in [0.05, 0.1) is 24.3 Å². The number of aromatic nitrogens is 2. The molecule has 0 spiro atoms. The summed E-state index contributed by atoms with van der Waals surface area (Å²) in [5.41, 5.74) is 2.34. The van der Waals surface area contributed by atoms with E-state index >= 15 is 0 Å². The first-order chi connectivity index (χ1) is 13.2. The van der Waals surface area contributed by atoms with E-state index in [1.165, 1.54) is 12.1 Å². The minimum Gasteiger partial charge on any atom is -0.492 e. The predicted molar refractivity (Wildman–Crippen MR) is 102 cm³/mol. The second-order valence-electron chi connectivity index (χ2n) is 6.27. The van der Waals surface area contributed by atoms with Crippen molar-refractivity contribution in [3.63, 3.8) is 0 Å². The number of ether oxygens (including phenoxy) is 1. The van der Waals surface area contributed by atoms with Crippen molar-refractivity contribution in [1.29, 1.82) is 0 Å². The number of hydrogen-bond donors (Lipinski definition) is 2. The van der Waals surface area contributed by atoms with Crippen LogP contribution in [0, 0.1) is 13.8 Å². The number of nitrogens with zero attached hydrogens (tertiary/aromatic N) is 3. The lowest BCUT2D eigenvalue weighted by Crippen LogP contribution is -2.39. The molecular formula is C19H26F3N5O. The Bertz CT molecular complexity index is 814. The van der Waals surface area contributed by atoms with Crippen molar-refractivity contribution in [3.05, 3.63) is 46.8 Å². The van der Waals surface area contributed by atoms with Crippen molar-refractivity contribution < 1.29 is 17.9 Å². The van der Waals surface area contributed by atoms with Gasteiger partial charge < -0.3 is 15.4 Å². The van der Waals surface area contributed by atoms with Crippen LogP contribution in [0.2, 0.25) is 0 Å². The second-order valence-corrected chi connectivity index (χ2v) is 6.27. The molecule has 28 heavy (non-hydrogen) atoms. The Hall–Kier alpha value is -2.71. The van der Waals surface area contributed by atoms with Crippen LogP contribution in [0.5, 0.6) is 5.75 Å². The zero-order chi connectivity index (χ0) is 20.7. The highest BCUT2D eigenvalue weighted by Gasteiger charge is 2.30. The number of aryl methyl sites for hydroxylation is 2. The molecule has 0 saturated carbocycles. The normalized spacial score (nSPS) is 12.2. The Balaban J connectivity index is 1.90. The smallest absolute Gasteiger partial charge is 0.416 e. The van der Waals surface area contributed by atoms with E-state index in [1.807, 2.05) is 32.5 Å². The molecule has 2 N–H and O–H groups in total. The molecule has 0 unspecified atom stereocenters. The molecule has 0 radical (unpaired) electrons. The first-order valence-electron chi connectivity index (χ1n) is 9.03. The first-order valence-corrected chi connectivity index (χ1v) is 9.03. The lowest BCUT2D eigenvalue weighted by Gasteiger charge is -2.13. The molecule has 0 atom stereocenters. The largest absolute Gasteiger partial charge is 0.492 e. The van der Waals surface area contributed by atoms with Crippen molar-refractivity contribution in [1.82, 2.24) is 20.4 Å². The van der Waals surface area contributed by atoms with Gasteiger partial charge in [-0.05, 0) is 39.0 Å². The Morgan fingerprint density at radius 2 is 2.00 bits per heavy atom. The summed E-state index contributed by atoms with van der Waals surface area (Å²) in [6.45, 7) is 7.66. The third kappa shape index (κ3) is 5.90. The first kappa shape index (κ1) is 21.6. The zero-order valence-corrected chi connectivity index (χ0v) is 16.5. The highest BCUT2D eigenvalue weighted by atomic mass is 19.4. The van der Waals surface area contributed by atoms with E-state index in [1.54, 1.807) is 0 Å². The van der Waals surface area contributed by atoms with Gasteiger partial charge in [-0.2, -0.15) is 18.3 Å². The minimum atomic E-state index is -4.38.